The molecule has 4 N–H and O–H groups in total. The molecule has 0 radical (unpaired) electrons. The Morgan fingerprint density at radius 3 is 1.87 bits per heavy atom. The summed E-state index contributed by atoms with van der Waals surface area (Å²) in [6.07, 6.45) is 21.9. The highest BCUT2D eigenvalue weighted by Gasteiger charge is 2.44. The predicted molar refractivity (Wildman–Crippen MR) is 173 cm³/mol. The summed E-state index contributed by atoms with van der Waals surface area (Å²) >= 11 is 0. The monoisotopic (exact) mass is 636 g/mol. The average Bonchev–Trinajstić information content (AvgIpc) is 3.03. The van der Waals surface area contributed by atoms with Crippen molar-refractivity contribution >= 4 is 11.9 Å². The lowest BCUT2D eigenvalue weighted by Crippen LogP contribution is -2.59. The first-order valence-electron chi connectivity index (χ1n) is 16.4. The fraction of sp³-hybridized carbons (Fsp3) is 0.657. The molecule has 0 saturated carbocycles. The van der Waals surface area contributed by atoms with E-state index in [0.29, 0.717) is 19.3 Å². The SMILES string of the molecule is CC/C=C\C/C=C\C/C=C\C/C=C\C/C=C\CCCC(=O)OC(COC(=O)CCCCC)COC1OC(CO)C(O)C(O)C1O. The van der Waals surface area contributed by atoms with Crippen molar-refractivity contribution < 1.29 is 49.0 Å². The number of rotatable bonds is 24. The first kappa shape index (κ1) is 40.4. The zero-order valence-electron chi connectivity index (χ0n) is 27.1. The summed E-state index contributed by atoms with van der Waals surface area (Å²) in [4.78, 5) is 24.6. The Labute approximate surface area is 269 Å². The van der Waals surface area contributed by atoms with Crippen LogP contribution >= 0.6 is 0 Å². The molecule has 1 fully saturated rings. The van der Waals surface area contributed by atoms with E-state index in [9.17, 15) is 30.0 Å². The summed E-state index contributed by atoms with van der Waals surface area (Å²) in [7, 11) is 0. The maximum atomic E-state index is 12.5. The largest absolute Gasteiger partial charge is 0.462 e. The van der Waals surface area contributed by atoms with E-state index in [0.717, 1.165) is 44.9 Å². The van der Waals surface area contributed by atoms with E-state index in [4.69, 9.17) is 18.9 Å². The standard InChI is InChI=1S/C35H56O10/c1-3-5-7-8-9-10-11-12-13-14-15-16-17-18-19-20-22-24-31(38)44-28(26-42-30(37)23-21-6-4-2)27-43-35-34(41)33(40)32(39)29(25-36)45-35/h5,7,9-10,12-13,15-16,18-19,28-29,32-36,39-41H,3-4,6,8,11,14,17,20-27H2,1-2H3/b7-5-,10-9-,13-12-,16-15-,19-18-. The molecule has 0 amide bonds. The van der Waals surface area contributed by atoms with Crippen LogP contribution < -0.4 is 0 Å². The summed E-state index contributed by atoms with van der Waals surface area (Å²) in [5.74, 6) is -0.914. The molecular formula is C35H56O10. The molecule has 256 valence electrons. The normalized spacial score (nSPS) is 23.2. The highest BCUT2D eigenvalue weighted by atomic mass is 16.7. The van der Waals surface area contributed by atoms with Crippen molar-refractivity contribution in [2.24, 2.45) is 0 Å². The van der Waals surface area contributed by atoms with Gasteiger partial charge >= 0.3 is 11.9 Å². The van der Waals surface area contributed by atoms with Gasteiger partial charge in [0, 0.05) is 12.8 Å². The van der Waals surface area contributed by atoms with Gasteiger partial charge in [0.05, 0.1) is 13.2 Å². The lowest BCUT2D eigenvalue weighted by Gasteiger charge is -2.39. The van der Waals surface area contributed by atoms with E-state index in [-0.39, 0.29) is 26.1 Å². The van der Waals surface area contributed by atoms with E-state index in [1.54, 1.807) is 0 Å². The Kier molecular flexibility index (Phi) is 23.9. The van der Waals surface area contributed by atoms with Gasteiger partial charge in [0.1, 0.15) is 31.0 Å². The molecule has 1 aliphatic rings. The Bertz CT molecular complexity index is 923. The molecule has 0 aromatic heterocycles. The number of carbonyl (C=O) groups is 2. The fourth-order valence-electron chi connectivity index (χ4n) is 4.28. The quantitative estimate of drug-likeness (QED) is 0.0663. The Hall–Kier alpha value is -2.60. The van der Waals surface area contributed by atoms with E-state index < -0.39 is 55.4 Å². The van der Waals surface area contributed by atoms with Crippen LogP contribution in [0.4, 0.5) is 0 Å². The molecule has 0 aliphatic carbocycles. The smallest absolute Gasteiger partial charge is 0.306 e. The van der Waals surface area contributed by atoms with Gasteiger partial charge in [0.15, 0.2) is 12.4 Å². The van der Waals surface area contributed by atoms with Crippen LogP contribution in [0.5, 0.6) is 0 Å². The van der Waals surface area contributed by atoms with Crippen LogP contribution in [0.1, 0.15) is 90.9 Å². The Morgan fingerprint density at radius 2 is 1.29 bits per heavy atom. The second-order valence-corrected chi connectivity index (χ2v) is 10.9. The molecule has 10 heteroatoms. The Balaban J connectivity index is 2.42. The average molecular weight is 637 g/mol. The van der Waals surface area contributed by atoms with Crippen LogP contribution in [0, 0.1) is 0 Å². The van der Waals surface area contributed by atoms with Crippen LogP contribution in [-0.2, 0) is 28.5 Å². The summed E-state index contributed by atoms with van der Waals surface area (Å²) in [5, 5.41) is 39.5. The highest BCUT2D eigenvalue weighted by molar-refractivity contribution is 5.70. The number of carbonyl (C=O) groups excluding carboxylic acids is 2. The molecule has 0 aromatic carbocycles. The van der Waals surface area contributed by atoms with Crippen molar-refractivity contribution in [1.29, 1.82) is 0 Å². The first-order valence-corrected chi connectivity index (χ1v) is 16.4. The van der Waals surface area contributed by atoms with Crippen molar-refractivity contribution in [3.05, 3.63) is 60.8 Å². The number of hydrogen-bond donors (Lipinski definition) is 4. The molecule has 1 saturated heterocycles. The predicted octanol–water partition coefficient (Wildman–Crippen LogP) is 4.76. The number of esters is 2. The molecule has 0 bridgehead atoms. The van der Waals surface area contributed by atoms with Gasteiger partial charge in [-0.05, 0) is 51.4 Å². The Morgan fingerprint density at radius 1 is 0.711 bits per heavy atom. The van der Waals surface area contributed by atoms with Gasteiger partial charge in [0.2, 0.25) is 0 Å². The zero-order chi connectivity index (χ0) is 33.1. The summed E-state index contributed by atoms with van der Waals surface area (Å²) in [5.41, 5.74) is 0. The van der Waals surface area contributed by atoms with E-state index in [1.165, 1.54) is 0 Å². The first-order chi connectivity index (χ1) is 21.8. The summed E-state index contributed by atoms with van der Waals surface area (Å²) in [6, 6.07) is 0. The molecule has 1 rings (SSSR count). The summed E-state index contributed by atoms with van der Waals surface area (Å²) in [6.45, 7) is 3.01. The number of allylic oxidation sites excluding steroid dienone is 10. The molecule has 0 spiro atoms. The van der Waals surface area contributed by atoms with Gasteiger partial charge in [-0.1, -0.05) is 87.4 Å². The molecule has 1 heterocycles. The van der Waals surface area contributed by atoms with Crippen molar-refractivity contribution in [3.8, 4) is 0 Å². The van der Waals surface area contributed by atoms with Crippen molar-refractivity contribution in [2.75, 3.05) is 19.8 Å². The second-order valence-electron chi connectivity index (χ2n) is 10.9. The second kappa shape index (κ2) is 26.6. The molecule has 45 heavy (non-hydrogen) atoms. The minimum atomic E-state index is -1.60. The third kappa shape index (κ3) is 19.5. The third-order valence-electron chi connectivity index (χ3n) is 6.92. The van der Waals surface area contributed by atoms with E-state index >= 15 is 0 Å². The number of unbranched alkanes of at least 4 members (excludes halogenated alkanes) is 3. The van der Waals surface area contributed by atoms with Crippen LogP contribution in [0.15, 0.2) is 60.8 Å². The molecule has 6 unspecified atom stereocenters. The molecule has 1 aliphatic heterocycles. The molecule has 6 atom stereocenters. The summed E-state index contributed by atoms with van der Waals surface area (Å²) < 4.78 is 21.6. The van der Waals surface area contributed by atoms with Gasteiger partial charge in [0.25, 0.3) is 0 Å². The molecule has 10 nitrogen and oxygen atoms in total. The number of ether oxygens (including phenoxy) is 4. The lowest BCUT2D eigenvalue weighted by molar-refractivity contribution is -0.305. The van der Waals surface area contributed by atoms with Gasteiger partial charge in [-0.2, -0.15) is 0 Å². The molecule has 0 aromatic rings. The van der Waals surface area contributed by atoms with Crippen molar-refractivity contribution in [2.45, 2.75) is 128 Å². The van der Waals surface area contributed by atoms with Gasteiger partial charge in [-0.15, -0.1) is 0 Å². The minimum absolute atomic E-state index is 0.148. The van der Waals surface area contributed by atoms with Crippen LogP contribution in [0.3, 0.4) is 0 Å². The van der Waals surface area contributed by atoms with Crippen LogP contribution in [0.2, 0.25) is 0 Å². The maximum Gasteiger partial charge on any atom is 0.306 e. The van der Waals surface area contributed by atoms with Gasteiger partial charge < -0.3 is 39.4 Å². The van der Waals surface area contributed by atoms with Crippen LogP contribution in [0.25, 0.3) is 0 Å². The molecular weight excluding hydrogens is 580 g/mol. The van der Waals surface area contributed by atoms with Crippen molar-refractivity contribution in [1.82, 2.24) is 0 Å². The van der Waals surface area contributed by atoms with Gasteiger partial charge in [-0.3, -0.25) is 9.59 Å². The van der Waals surface area contributed by atoms with Crippen molar-refractivity contribution in [3.63, 3.8) is 0 Å². The third-order valence-corrected chi connectivity index (χ3v) is 6.92. The lowest BCUT2D eigenvalue weighted by atomic mass is 9.99. The van der Waals surface area contributed by atoms with E-state index in [2.05, 4.69) is 55.5 Å². The van der Waals surface area contributed by atoms with E-state index in [1.807, 2.05) is 19.1 Å². The zero-order valence-corrected chi connectivity index (χ0v) is 27.1. The number of hydrogen-bond acceptors (Lipinski definition) is 10. The fourth-order valence-corrected chi connectivity index (χ4v) is 4.28. The topological polar surface area (TPSA) is 152 Å². The minimum Gasteiger partial charge on any atom is -0.462 e. The number of aliphatic hydroxyl groups is 4. The number of aliphatic hydroxyl groups excluding tert-OH is 4. The van der Waals surface area contributed by atoms with Crippen LogP contribution in [-0.4, -0.2) is 89.0 Å². The van der Waals surface area contributed by atoms with Gasteiger partial charge in [-0.25, -0.2) is 0 Å². The maximum absolute atomic E-state index is 12.5. The highest BCUT2D eigenvalue weighted by Crippen LogP contribution is 2.22.